The molecule has 0 amide bonds. The first-order valence-corrected chi connectivity index (χ1v) is 6.33. The zero-order valence-corrected chi connectivity index (χ0v) is 9.50. The Morgan fingerprint density at radius 3 is 2.27 bits per heavy atom. The molecular formula is C12H22N2O. The van der Waals surface area contributed by atoms with Crippen molar-refractivity contribution in [2.45, 2.75) is 37.6 Å². The van der Waals surface area contributed by atoms with Crippen LogP contribution in [0.4, 0.5) is 0 Å². The van der Waals surface area contributed by atoms with Gasteiger partial charge in [0.2, 0.25) is 0 Å². The van der Waals surface area contributed by atoms with Crippen LogP contribution >= 0.6 is 0 Å². The van der Waals surface area contributed by atoms with E-state index in [2.05, 4.69) is 4.90 Å². The van der Waals surface area contributed by atoms with E-state index in [-0.39, 0.29) is 5.54 Å². The van der Waals surface area contributed by atoms with Crippen molar-refractivity contribution in [2.75, 3.05) is 32.8 Å². The zero-order chi connectivity index (χ0) is 10.4. The molecule has 0 unspecified atom stereocenters. The van der Waals surface area contributed by atoms with Crippen molar-refractivity contribution in [3.05, 3.63) is 0 Å². The highest BCUT2D eigenvalue weighted by atomic mass is 16.5. The van der Waals surface area contributed by atoms with Crippen LogP contribution in [0, 0.1) is 5.41 Å². The molecule has 86 valence electrons. The van der Waals surface area contributed by atoms with Crippen LogP contribution in [0.5, 0.6) is 0 Å². The molecule has 0 aromatic heterocycles. The summed E-state index contributed by atoms with van der Waals surface area (Å²) >= 11 is 0. The Morgan fingerprint density at radius 1 is 1.07 bits per heavy atom. The Kier molecular flexibility index (Phi) is 2.31. The number of morpholine rings is 1. The first kappa shape index (κ1) is 10.1. The summed E-state index contributed by atoms with van der Waals surface area (Å²) in [5.41, 5.74) is 7.16. The molecule has 2 N–H and O–H groups in total. The molecule has 3 fully saturated rings. The molecule has 1 saturated heterocycles. The van der Waals surface area contributed by atoms with Gasteiger partial charge in [0, 0.05) is 18.6 Å². The fourth-order valence-electron chi connectivity index (χ4n) is 3.01. The predicted octanol–water partition coefficient (Wildman–Crippen LogP) is 0.980. The molecule has 0 bridgehead atoms. The average molecular weight is 210 g/mol. The summed E-state index contributed by atoms with van der Waals surface area (Å²) in [7, 11) is 0. The van der Waals surface area contributed by atoms with Crippen molar-refractivity contribution in [1.29, 1.82) is 0 Å². The molecule has 1 heterocycles. The predicted molar refractivity (Wildman–Crippen MR) is 59.7 cm³/mol. The molecule has 1 aliphatic heterocycles. The van der Waals surface area contributed by atoms with Crippen LogP contribution in [0.1, 0.15) is 32.1 Å². The second-order valence-electron chi connectivity index (χ2n) is 5.64. The highest BCUT2D eigenvalue weighted by Crippen LogP contribution is 2.64. The maximum atomic E-state index is 6.36. The van der Waals surface area contributed by atoms with Gasteiger partial charge in [-0.05, 0) is 44.1 Å². The van der Waals surface area contributed by atoms with Crippen LogP contribution in [0.25, 0.3) is 0 Å². The van der Waals surface area contributed by atoms with Gasteiger partial charge in [-0.1, -0.05) is 0 Å². The summed E-state index contributed by atoms with van der Waals surface area (Å²) in [4.78, 5) is 2.54. The van der Waals surface area contributed by atoms with E-state index in [4.69, 9.17) is 10.5 Å². The lowest BCUT2D eigenvalue weighted by molar-refractivity contribution is 0.0338. The third-order valence-electron chi connectivity index (χ3n) is 4.71. The van der Waals surface area contributed by atoms with Crippen molar-refractivity contribution in [1.82, 2.24) is 4.90 Å². The van der Waals surface area contributed by atoms with E-state index in [0.717, 1.165) is 26.3 Å². The van der Waals surface area contributed by atoms with Crippen LogP contribution in [-0.2, 0) is 4.74 Å². The number of rotatable bonds is 4. The van der Waals surface area contributed by atoms with E-state index in [1.165, 1.54) is 38.6 Å². The van der Waals surface area contributed by atoms with Gasteiger partial charge in [-0.2, -0.15) is 0 Å². The van der Waals surface area contributed by atoms with Crippen LogP contribution in [0.3, 0.4) is 0 Å². The van der Waals surface area contributed by atoms with Crippen molar-refractivity contribution in [2.24, 2.45) is 11.1 Å². The monoisotopic (exact) mass is 210 g/mol. The van der Waals surface area contributed by atoms with Crippen molar-refractivity contribution >= 4 is 0 Å². The molecular weight excluding hydrogens is 188 g/mol. The van der Waals surface area contributed by atoms with E-state index < -0.39 is 0 Å². The minimum atomic E-state index is 0.249. The molecule has 0 radical (unpaired) electrons. The van der Waals surface area contributed by atoms with Crippen LogP contribution in [0.15, 0.2) is 0 Å². The van der Waals surface area contributed by atoms with Gasteiger partial charge < -0.3 is 10.5 Å². The Labute approximate surface area is 91.9 Å². The standard InChI is InChI=1S/C12H22N2O/c13-12(3-4-12)11(1-2-11)5-6-14-7-9-15-10-8-14/h1-10,13H2. The smallest absolute Gasteiger partial charge is 0.0594 e. The quantitative estimate of drug-likeness (QED) is 0.752. The largest absolute Gasteiger partial charge is 0.379 e. The Hall–Kier alpha value is -0.120. The highest BCUT2D eigenvalue weighted by molar-refractivity contribution is 5.18. The molecule has 3 nitrogen and oxygen atoms in total. The van der Waals surface area contributed by atoms with Crippen molar-refractivity contribution < 1.29 is 4.74 Å². The van der Waals surface area contributed by atoms with Gasteiger partial charge in [-0.15, -0.1) is 0 Å². The second kappa shape index (κ2) is 3.44. The number of hydrogen-bond donors (Lipinski definition) is 1. The lowest BCUT2D eigenvalue weighted by atomic mass is 9.90. The number of hydrogen-bond acceptors (Lipinski definition) is 3. The Balaban J connectivity index is 1.49. The minimum Gasteiger partial charge on any atom is -0.379 e. The highest BCUT2D eigenvalue weighted by Gasteiger charge is 2.62. The molecule has 15 heavy (non-hydrogen) atoms. The summed E-state index contributed by atoms with van der Waals surface area (Å²) in [6.07, 6.45) is 6.64. The van der Waals surface area contributed by atoms with Gasteiger partial charge in [0.1, 0.15) is 0 Å². The molecule has 3 aliphatic rings. The number of nitrogens with two attached hydrogens (primary N) is 1. The van der Waals surface area contributed by atoms with Gasteiger partial charge in [0.25, 0.3) is 0 Å². The first-order chi connectivity index (χ1) is 7.24. The molecule has 3 heteroatoms. The van der Waals surface area contributed by atoms with Crippen LogP contribution in [0.2, 0.25) is 0 Å². The third-order valence-corrected chi connectivity index (χ3v) is 4.71. The van der Waals surface area contributed by atoms with Gasteiger partial charge in [-0.3, -0.25) is 4.90 Å². The third kappa shape index (κ3) is 1.81. The normalized spacial score (nSPS) is 32.6. The second-order valence-corrected chi connectivity index (χ2v) is 5.64. The Morgan fingerprint density at radius 2 is 1.73 bits per heavy atom. The van der Waals surface area contributed by atoms with Crippen molar-refractivity contribution in [3.8, 4) is 0 Å². The molecule has 2 aliphatic carbocycles. The molecule has 0 spiro atoms. The maximum absolute atomic E-state index is 6.36. The summed E-state index contributed by atoms with van der Waals surface area (Å²) in [5.74, 6) is 0. The van der Waals surface area contributed by atoms with E-state index in [1.54, 1.807) is 0 Å². The number of ether oxygens (including phenoxy) is 1. The summed E-state index contributed by atoms with van der Waals surface area (Å²) in [6.45, 7) is 5.31. The maximum Gasteiger partial charge on any atom is 0.0594 e. The SMILES string of the molecule is NC1(C2(CCN3CCOCC3)CC2)CC1. The molecule has 2 saturated carbocycles. The van der Waals surface area contributed by atoms with E-state index in [0.29, 0.717) is 5.41 Å². The first-order valence-electron chi connectivity index (χ1n) is 6.33. The summed E-state index contributed by atoms with van der Waals surface area (Å²) < 4.78 is 5.36. The Bertz CT molecular complexity index is 240. The lowest BCUT2D eigenvalue weighted by Crippen LogP contribution is -2.41. The summed E-state index contributed by atoms with van der Waals surface area (Å²) in [6, 6.07) is 0. The van der Waals surface area contributed by atoms with E-state index in [1.807, 2.05) is 0 Å². The fraction of sp³-hybridized carbons (Fsp3) is 1.00. The van der Waals surface area contributed by atoms with Gasteiger partial charge in [-0.25, -0.2) is 0 Å². The zero-order valence-electron chi connectivity index (χ0n) is 9.50. The molecule has 0 aromatic rings. The summed E-state index contributed by atoms with van der Waals surface area (Å²) in [5, 5.41) is 0. The van der Waals surface area contributed by atoms with Gasteiger partial charge in [0.15, 0.2) is 0 Å². The minimum absolute atomic E-state index is 0.249. The lowest BCUT2D eigenvalue weighted by Gasteiger charge is -2.30. The van der Waals surface area contributed by atoms with Gasteiger partial charge in [0.05, 0.1) is 13.2 Å². The molecule has 3 rings (SSSR count). The van der Waals surface area contributed by atoms with E-state index in [9.17, 15) is 0 Å². The fourth-order valence-corrected chi connectivity index (χ4v) is 3.01. The van der Waals surface area contributed by atoms with Crippen molar-refractivity contribution in [3.63, 3.8) is 0 Å². The topological polar surface area (TPSA) is 38.5 Å². The molecule has 0 aromatic carbocycles. The van der Waals surface area contributed by atoms with Crippen LogP contribution in [-0.4, -0.2) is 43.3 Å². The van der Waals surface area contributed by atoms with E-state index >= 15 is 0 Å². The van der Waals surface area contributed by atoms with Gasteiger partial charge >= 0.3 is 0 Å². The number of nitrogens with zero attached hydrogens (tertiary/aromatic N) is 1. The molecule has 0 atom stereocenters. The average Bonchev–Trinajstić information content (AvgIpc) is 3.14. The van der Waals surface area contributed by atoms with Crippen LogP contribution < -0.4 is 5.73 Å².